The van der Waals surface area contributed by atoms with Crippen LogP contribution in [0.25, 0.3) is 0 Å². The summed E-state index contributed by atoms with van der Waals surface area (Å²) in [5.41, 5.74) is 0.560. The first-order valence-corrected chi connectivity index (χ1v) is 5.35. The molecule has 1 saturated carbocycles. The van der Waals surface area contributed by atoms with E-state index >= 15 is 0 Å². The second-order valence-corrected chi connectivity index (χ2v) is 4.06. The molecule has 15 heavy (non-hydrogen) atoms. The maximum atomic E-state index is 11.9. The molecule has 1 aliphatic rings. The van der Waals surface area contributed by atoms with Gasteiger partial charge in [-0.05, 0) is 24.5 Å². The van der Waals surface area contributed by atoms with E-state index < -0.39 is 5.41 Å². The highest BCUT2D eigenvalue weighted by atomic mass is 16.5. The van der Waals surface area contributed by atoms with Crippen LogP contribution in [-0.4, -0.2) is 13.1 Å². The van der Waals surface area contributed by atoms with Crippen LogP contribution < -0.4 is 0 Å². The summed E-state index contributed by atoms with van der Waals surface area (Å²) in [5, 5.41) is 0. The summed E-state index contributed by atoms with van der Waals surface area (Å²) in [6, 6.07) is 10.9. The Morgan fingerprint density at radius 2 is 2.13 bits per heavy atom. The number of esters is 1. The molecule has 2 heteroatoms. The fourth-order valence-corrected chi connectivity index (χ4v) is 2.45. The van der Waals surface area contributed by atoms with Crippen LogP contribution >= 0.6 is 0 Å². The summed E-state index contributed by atoms with van der Waals surface area (Å²) < 4.78 is 4.93. The van der Waals surface area contributed by atoms with E-state index in [0.717, 1.165) is 31.2 Å². The van der Waals surface area contributed by atoms with E-state index in [1.807, 2.05) is 24.3 Å². The number of ether oxygens (including phenoxy) is 1. The van der Waals surface area contributed by atoms with Gasteiger partial charge in [0.05, 0.1) is 12.5 Å². The fourth-order valence-electron chi connectivity index (χ4n) is 2.45. The fraction of sp³-hybridized carbons (Fsp3) is 0.462. The minimum absolute atomic E-state index is 0.109. The van der Waals surface area contributed by atoms with Crippen LogP contribution in [0.2, 0.25) is 0 Å². The predicted octanol–water partition coefficient (Wildman–Crippen LogP) is 2.47. The lowest BCUT2D eigenvalue weighted by Gasteiger charge is -2.25. The van der Waals surface area contributed by atoms with Crippen molar-refractivity contribution < 1.29 is 9.53 Å². The number of hydrogen-bond donors (Lipinski definition) is 0. The molecule has 0 aromatic heterocycles. The Bertz CT molecular complexity index is 337. The molecule has 1 aliphatic carbocycles. The van der Waals surface area contributed by atoms with Crippen LogP contribution in [0.15, 0.2) is 24.3 Å². The maximum Gasteiger partial charge on any atom is 0.316 e. The number of carbonyl (C=O) groups excluding carboxylic acids is 1. The molecule has 79 valence electrons. The van der Waals surface area contributed by atoms with Gasteiger partial charge >= 0.3 is 5.97 Å². The molecule has 0 spiro atoms. The van der Waals surface area contributed by atoms with Crippen molar-refractivity contribution in [2.75, 3.05) is 7.11 Å². The minimum Gasteiger partial charge on any atom is -0.468 e. The normalized spacial score (nSPS) is 18.7. The van der Waals surface area contributed by atoms with Crippen molar-refractivity contribution in [1.29, 1.82) is 0 Å². The number of carbonyl (C=O) groups is 1. The smallest absolute Gasteiger partial charge is 0.316 e. The molecule has 0 bridgehead atoms. The molecule has 2 nitrogen and oxygen atoms in total. The standard InChI is InChI=1S/C13H15O2/c1-15-12(14)13(9-5-6-10-13)11-7-3-2-4-8-11/h2-4,7H,5-6,9-10H2,1H3. The third-order valence-electron chi connectivity index (χ3n) is 3.26. The summed E-state index contributed by atoms with van der Waals surface area (Å²) in [6.45, 7) is 0. The van der Waals surface area contributed by atoms with Gasteiger partial charge in [-0.15, -0.1) is 0 Å². The Morgan fingerprint density at radius 1 is 1.40 bits per heavy atom. The van der Waals surface area contributed by atoms with Crippen LogP contribution in [-0.2, 0) is 14.9 Å². The molecule has 0 unspecified atom stereocenters. The first kappa shape index (κ1) is 10.2. The zero-order chi connectivity index (χ0) is 10.7. The topological polar surface area (TPSA) is 26.3 Å². The molecule has 0 amide bonds. The summed E-state index contributed by atoms with van der Waals surface area (Å²) in [4.78, 5) is 11.9. The minimum atomic E-state index is -0.421. The number of methoxy groups -OCH3 is 1. The monoisotopic (exact) mass is 203 g/mol. The first-order chi connectivity index (χ1) is 7.29. The van der Waals surface area contributed by atoms with Gasteiger partial charge in [-0.2, -0.15) is 0 Å². The first-order valence-electron chi connectivity index (χ1n) is 5.35. The molecule has 0 atom stereocenters. The van der Waals surface area contributed by atoms with Gasteiger partial charge in [-0.3, -0.25) is 4.79 Å². The highest BCUT2D eigenvalue weighted by Gasteiger charge is 2.43. The lowest BCUT2D eigenvalue weighted by Crippen LogP contribution is -2.34. The summed E-state index contributed by atoms with van der Waals surface area (Å²) in [5.74, 6) is -0.109. The number of hydrogen-bond acceptors (Lipinski definition) is 2. The third kappa shape index (κ3) is 1.65. The van der Waals surface area contributed by atoms with Gasteiger partial charge < -0.3 is 4.74 Å². The summed E-state index contributed by atoms with van der Waals surface area (Å²) >= 11 is 0. The van der Waals surface area contributed by atoms with Crippen LogP contribution in [0.3, 0.4) is 0 Å². The van der Waals surface area contributed by atoms with Crippen molar-refractivity contribution in [2.45, 2.75) is 31.1 Å². The van der Waals surface area contributed by atoms with E-state index in [2.05, 4.69) is 6.07 Å². The SMILES string of the molecule is COC(=O)C1(c2[c]cccc2)CCCC1. The van der Waals surface area contributed by atoms with Gasteiger partial charge in [0.25, 0.3) is 0 Å². The van der Waals surface area contributed by atoms with Crippen LogP contribution in [0.4, 0.5) is 0 Å². The second-order valence-electron chi connectivity index (χ2n) is 4.06. The van der Waals surface area contributed by atoms with Crippen molar-refractivity contribution in [2.24, 2.45) is 0 Å². The Kier molecular flexibility index (Phi) is 2.76. The van der Waals surface area contributed by atoms with Gasteiger partial charge in [0.1, 0.15) is 0 Å². The van der Waals surface area contributed by atoms with Gasteiger partial charge in [-0.1, -0.05) is 37.1 Å². The average Bonchev–Trinajstić information content (AvgIpc) is 2.79. The Labute approximate surface area is 90.3 Å². The number of benzene rings is 1. The van der Waals surface area contributed by atoms with E-state index in [4.69, 9.17) is 4.74 Å². The second kappa shape index (κ2) is 4.05. The van der Waals surface area contributed by atoms with E-state index in [0.29, 0.717) is 0 Å². The molecular formula is C13H15O2. The molecule has 1 fully saturated rings. The average molecular weight is 203 g/mol. The molecule has 2 rings (SSSR count). The maximum absolute atomic E-state index is 11.9. The van der Waals surface area contributed by atoms with Gasteiger partial charge in [0, 0.05) is 0 Å². The van der Waals surface area contributed by atoms with E-state index in [9.17, 15) is 4.79 Å². The van der Waals surface area contributed by atoms with Crippen LogP contribution in [0.5, 0.6) is 0 Å². The molecule has 1 aromatic rings. The van der Waals surface area contributed by atoms with E-state index in [1.54, 1.807) is 0 Å². The molecule has 0 aliphatic heterocycles. The quantitative estimate of drug-likeness (QED) is 0.690. The highest BCUT2D eigenvalue weighted by molar-refractivity contribution is 5.83. The van der Waals surface area contributed by atoms with Crippen molar-refractivity contribution in [3.8, 4) is 0 Å². The van der Waals surface area contributed by atoms with Crippen molar-refractivity contribution in [3.05, 3.63) is 35.9 Å². The lowest BCUT2D eigenvalue weighted by molar-refractivity contribution is -0.147. The Morgan fingerprint density at radius 3 is 2.67 bits per heavy atom. The molecule has 0 N–H and O–H groups in total. The Balaban J connectivity index is 2.39. The third-order valence-corrected chi connectivity index (χ3v) is 3.26. The van der Waals surface area contributed by atoms with Gasteiger partial charge in [0.15, 0.2) is 0 Å². The van der Waals surface area contributed by atoms with Gasteiger partial charge in [-0.25, -0.2) is 0 Å². The molecule has 0 heterocycles. The van der Waals surface area contributed by atoms with E-state index in [-0.39, 0.29) is 5.97 Å². The van der Waals surface area contributed by atoms with Crippen LogP contribution in [0.1, 0.15) is 31.2 Å². The summed E-state index contributed by atoms with van der Waals surface area (Å²) in [6.07, 6.45) is 3.97. The number of rotatable bonds is 2. The lowest BCUT2D eigenvalue weighted by atomic mass is 9.79. The zero-order valence-electron chi connectivity index (χ0n) is 8.95. The molecule has 0 saturated heterocycles. The van der Waals surface area contributed by atoms with Crippen molar-refractivity contribution in [3.63, 3.8) is 0 Å². The van der Waals surface area contributed by atoms with Gasteiger partial charge in [0.2, 0.25) is 0 Å². The van der Waals surface area contributed by atoms with Crippen molar-refractivity contribution >= 4 is 5.97 Å². The predicted molar refractivity (Wildman–Crippen MR) is 57.4 cm³/mol. The van der Waals surface area contributed by atoms with E-state index in [1.165, 1.54) is 7.11 Å². The highest BCUT2D eigenvalue weighted by Crippen LogP contribution is 2.41. The zero-order valence-corrected chi connectivity index (χ0v) is 8.95. The van der Waals surface area contributed by atoms with Crippen molar-refractivity contribution in [1.82, 2.24) is 0 Å². The molecule has 1 radical (unpaired) electrons. The molecule has 1 aromatic carbocycles. The van der Waals surface area contributed by atoms with Crippen LogP contribution in [0, 0.1) is 6.07 Å². The Hall–Kier alpha value is -1.31. The largest absolute Gasteiger partial charge is 0.468 e. The summed E-state index contributed by atoms with van der Waals surface area (Å²) in [7, 11) is 1.46. The molecular weight excluding hydrogens is 188 g/mol.